The van der Waals surface area contributed by atoms with Crippen LogP contribution in [0.1, 0.15) is 31.4 Å². The van der Waals surface area contributed by atoms with E-state index >= 15 is 0 Å². The maximum absolute atomic E-state index is 2.53. The molecule has 108 valence electrons. The number of hydrogen-bond donors (Lipinski definition) is 0. The van der Waals surface area contributed by atoms with Crippen LogP contribution in [0, 0.1) is 5.41 Å². The maximum Gasteiger partial charge on any atom is 0.0426 e. The highest BCUT2D eigenvalue weighted by atomic mass is 15.2. The summed E-state index contributed by atoms with van der Waals surface area (Å²) >= 11 is 0. The molecule has 0 aliphatic carbocycles. The molecule has 0 N–H and O–H groups in total. The van der Waals surface area contributed by atoms with E-state index in [-0.39, 0.29) is 0 Å². The molecule has 1 saturated heterocycles. The molecule has 1 nitrogen and oxygen atoms in total. The molecular weight excluding hydrogens is 254 g/mol. The van der Waals surface area contributed by atoms with E-state index in [2.05, 4.69) is 85.5 Å². The Morgan fingerprint density at radius 2 is 1.57 bits per heavy atom. The van der Waals surface area contributed by atoms with Crippen molar-refractivity contribution in [1.82, 2.24) is 4.90 Å². The average Bonchev–Trinajstić information content (AvgIpc) is 2.75. The fraction of sp³-hybridized carbons (Fsp3) is 0.300. The molecule has 0 amide bonds. The second-order valence-electron chi connectivity index (χ2n) is 6.73. The van der Waals surface area contributed by atoms with Crippen molar-refractivity contribution < 1.29 is 0 Å². The van der Waals surface area contributed by atoms with Gasteiger partial charge in [0.05, 0.1) is 0 Å². The van der Waals surface area contributed by atoms with E-state index in [9.17, 15) is 0 Å². The fourth-order valence-corrected chi connectivity index (χ4v) is 3.12. The van der Waals surface area contributed by atoms with E-state index in [4.69, 9.17) is 0 Å². The van der Waals surface area contributed by atoms with Gasteiger partial charge in [-0.2, -0.15) is 0 Å². The molecule has 1 heterocycles. The van der Waals surface area contributed by atoms with Crippen LogP contribution in [0.2, 0.25) is 0 Å². The summed E-state index contributed by atoms with van der Waals surface area (Å²) in [7, 11) is 0. The van der Waals surface area contributed by atoms with Gasteiger partial charge in [-0.3, -0.25) is 0 Å². The van der Waals surface area contributed by atoms with Gasteiger partial charge in [-0.1, -0.05) is 74.5 Å². The first-order chi connectivity index (χ1) is 10.1. The van der Waals surface area contributed by atoms with Crippen LogP contribution in [0.4, 0.5) is 0 Å². The summed E-state index contributed by atoms with van der Waals surface area (Å²) < 4.78 is 0. The van der Waals surface area contributed by atoms with Gasteiger partial charge in [0, 0.05) is 18.8 Å². The quantitative estimate of drug-likeness (QED) is 0.766. The number of hydrogen-bond acceptors (Lipinski definition) is 1. The van der Waals surface area contributed by atoms with E-state index in [1.165, 1.54) is 16.8 Å². The summed E-state index contributed by atoms with van der Waals surface area (Å²) in [5.74, 6) is 0. The number of rotatable bonds is 3. The molecule has 1 fully saturated rings. The predicted molar refractivity (Wildman–Crippen MR) is 89.7 cm³/mol. The van der Waals surface area contributed by atoms with Crippen LogP contribution in [-0.2, 0) is 6.54 Å². The first-order valence-corrected chi connectivity index (χ1v) is 7.67. The Bertz CT molecular complexity index is 611. The Morgan fingerprint density at radius 1 is 0.952 bits per heavy atom. The van der Waals surface area contributed by atoms with Gasteiger partial charge >= 0.3 is 0 Å². The van der Waals surface area contributed by atoms with Crippen LogP contribution in [0.5, 0.6) is 0 Å². The summed E-state index contributed by atoms with van der Waals surface area (Å²) in [5.41, 5.74) is 4.49. The predicted octanol–water partition coefficient (Wildman–Crippen LogP) is 4.96. The Kier molecular flexibility index (Phi) is 3.83. The molecule has 1 aliphatic rings. The van der Waals surface area contributed by atoms with Gasteiger partial charge in [0.15, 0.2) is 0 Å². The number of likely N-dealkylation sites (tertiary alicyclic amines) is 1. The molecule has 0 atom stereocenters. The molecular formula is C20H23N. The molecule has 0 bridgehead atoms. The highest BCUT2D eigenvalue weighted by Crippen LogP contribution is 2.38. The topological polar surface area (TPSA) is 3.24 Å². The minimum Gasteiger partial charge on any atom is -0.370 e. The third kappa shape index (κ3) is 3.55. The number of nitrogens with zero attached hydrogens (tertiary/aromatic N) is 1. The molecule has 1 aliphatic heterocycles. The minimum absolute atomic E-state index is 0.357. The van der Waals surface area contributed by atoms with Crippen molar-refractivity contribution in [2.75, 3.05) is 6.54 Å². The molecule has 0 aromatic heterocycles. The second-order valence-corrected chi connectivity index (χ2v) is 6.73. The van der Waals surface area contributed by atoms with Gasteiger partial charge in [0.1, 0.15) is 0 Å². The van der Waals surface area contributed by atoms with E-state index in [1.807, 2.05) is 0 Å². The monoisotopic (exact) mass is 277 g/mol. The fourth-order valence-electron chi connectivity index (χ4n) is 3.12. The largest absolute Gasteiger partial charge is 0.370 e. The lowest BCUT2D eigenvalue weighted by atomic mass is 9.92. The standard InChI is InChI=1S/C20H23N/c1-20(2)14-19(13-17-9-5-3-6-10-17)21(16-20)15-18-11-7-4-8-12-18/h3-13H,14-16H2,1-2H3/b19-13+. The molecule has 0 spiro atoms. The third-order valence-corrected chi connectivity index (χ3v) is 4.03. The van der Waals surface area contributed by atoms with Crippen LogP contribution < -0.4 is 0 Å². The molecule has 2 aromatic carbocycles. The van der Waals surface area contributed by atoms with Crippen molar-refractivity contribution in [3.63, 3.8) is 0 Å². The van der Waals surface area contributed by atoms with Crippen molar-refractivity contribution in [2.45, 2.75) is 26.8 Å². The Balaban J connectivity index is 1.85. The Labute approximate surface area is 127 Å². The van der Waals surface area contributed by atoms with Crippen molar-refractivity contribution >= 4 is 6.08 Å². The van der Waals surface area contributed by atoms with Crippen LogP contribution in [-0.4, -0.2) is 11.4 Å². The molecule has 2 aromatic rings. The van der Waals surface area contributed by atoms with Crippen LogP contribution in [0.15, 0.2) is 66.4 Å². The molecule has 21 heavy (non-hydrogen) atoms. The van der Waals surface area contributed by atoms with Gasteiger partial charge in [-0.25, -0.2) is 0 Å². The first-order valence-electron chi connectivity index (χ1n) is 7.67. The first kappa shape index (κ1) is 13.9. The zero-order valence-electron chi connectivity index (χ0n) is 12.9. The van der Waals surface area contributed by atoms with Crippen LogP contribution in [0.25, 0.3) is 6.08 Å². The Hall–Kier alpha value is -2.02. The van der Waals surface area contributed by atoms with E-state index in [0.29, 0.717) is 5.41 Å². The van der Waals surface area contributed by atoms with Gasteiger partial charge in [-0.05, 0) is 29.0 Å². The normalized spacial score (nSPS) is 19.1. The van der Waals surface area contributed by atoms with Crippen LogP contribution in [0.3, 0.4) is 0 Å². The summed E-state index contributed by atoms with van der Waals surface area (Å²) in [6.07, 6.45) is 3.49. The Morgan fingerprint density at radius 3 is 2.24 bits per heavy atom. The van der Waals surface area contributed by atoms with E-state index in [0.717, 1.165) is 19.5 Å². The maximum atomic E-state index is 2.53. The zero-order chi connectivity index (χ0) is 14.7. The second kappa shape index (κ2) is 5.77. The lowest BCUT2D eigenvalue weighted by Crippen LogP contribution is -2.22. The molecule has 0 radical (unpaired) electrons. The van der Waals surface area contributed by atoms with Crippen molar-refractivity contribution in [3.8, 4) is 0 Å². The lowest BCUT2D eigenvalue weighted by molar-refractivity contribution is 0.304. The average molecular weight is 277 g/mol. The molecule has 1 heteroatoms. The lowest BCUT2D eigenvalue weighted by Gasteiger charge is -2.22. The molecule has 0 saturated carbocycles. The zero-order valence-corrected chi connectivity index (χ0v) is 12.9. The molecule has 0 unspecified atom stereocenters. The van der Waals surface area contributed by atoms with E-state index in [1.54, 1.807) is 0 Å². The highest BCUT2D eigenvalue weighted by Gasteiger charge is 2.32. The minimum atomic E-state index is 0.357. The van der Waals surface area contributed by atoms with Crippen molar-refractivity contribution in [1.29, 1.82) is 0 Å². The van der Waals surface area contributed by atoms with E-state index < -0.39 is 0 Å². The SMILES string of the molecule is CC1(C)C/C(=C\c2ccccc2)N(Cc2ccccc2)C1. The van der Waals surface area contributed by atoms with Gasteiger partial charge in [-0.15, -0.1) is 0 Å². The summed E-state index contributed by atoms with van der Waals surface area (Å²) in [6.45, 7) is 6.84. The number of allylic oxidation sites excluding steroid dienone is 1. The smallest absolute Gasteiger partial charge is 0.0426 e. The molecule has 3 rings (SSSR count). The summed E-state index contributed by atoms with van der Waals surface area (Å²) in [6, 6.07) is 21.4. The summed E-state index contributed by atoms with van der Waals surface area (Å²) in [5, 5.41) is 0. The highest BCUT2D eigenvalue weighted by molar-refractivity contribution is 5.53. The van der Waals surface area contributed by atoms with Crippen molar-refractivity contribution in [2.24, 2.45) is 5.41 Å². The summed E-state index contributed by atoms with van der Waals surface area (Å²) in [4.78, 5) is 2.53. The van der Waals surface area contributed by atoms with Gasteiger partial charge < -0.3 is 4.90 Å². The third-order valence-electron chi connectivity index (χ3n) is 4.03. The van der Waals surface area contributed by atoms with Crippen molar-refractivity contribution in [3.05, 3.63) is 77.5 Å². The van der Waals surface area contributed by atoms with Crippen LogP contribution >= 0.6 is 0 Å². The van der Waals surface area contributed by atoms with Gasteiger partial charge in [0.25, 0.3) is 0 Å². The number of benzene rings is 2. The van der Waals surface area contributed by atoms with Gasteiger partial charge in [0.2, 0.25) is 0 Å².